The lowest BCUT2D eigenvalue weighted by Gasteiger charge is -2.12. The van der Waals surface area contributed by atoms with Crippen molar-refractivity contribution < 1.29 is 9.84 Å². The number of hydrogen-bond donors (Lipinski definition) is 1. The third-order valence-corrected chi connectivity index (χ3v) is 4.10. The Morgan fingerprint density at radius 1 is 1.42 bits per heavy atom. The van der Waals surface area contributed by atoms with Gasteiger partial charge in [0, 0.05) is 12.3 Å². The molecule has 1 aromatic heterocycles. The minimum atomic E-state index is -0.0996. The zero-order valence-corrected chi connectivity index (χ0v) is 12.0. The number of hydrogen-bond acceptors (Lipinski definition) is 5. The number of nitrogens with zero attached hydrogens (tertiary/aromatic N) is 3. The molecule has 0 saturated heterocycles. The predicted molar refractivity (Wildman–Crippen MR) is 74.2 cm³/mol. The van der Waals surface area contributed by atoms with Crippen LogP contribution in [-0.2, 0) is 13.7 Å². The number of aromatic nitrogens is 3. The zero-order valence-electron chi connectivity index (χ0n) is 11.2. The number of rotatable bonds is 5. The lowest BCUT2D eigenvalue weighted by Crippen LogP contribution is -1.99. The van der Waals surface area contributed by atoms with E-state index in [9.17, 15) is 0 Å². The lowest BCUT2D eigenvalue weighted by atomic mass is 10.1. The smallest absolute Gasteiger partial charge is 0.191 e. The van der Waals surface area contributed by atoms with Crippen LogP contribution in [0.1, 0.15) is 23.6 Å². The number of aliphatic hydroxyl groups is 1. The van der Waals surface area contributed by atoms with E-state index < -0.39 is 0 Å². The third kappa shape index (κ3) is 3.08. The van der Waals surface area contributed by atoms with E-state index in [1.807, 2.05) is 25.2 Å². The fourth-order valence-corrected chi connectivity index (χ4v) is 2.66. The molecule has 0 aliphatic heterocycles. The van der Waals surface area contributed by atoms with Crippen molar-refractivity contribution in [3.63, 3.8) is 0 Å². The quantitative estimate of drug-likeness (QED) is 0.850. The Hall–Kier alpha value is -1.53. The summed E-state index contributed by atoms with van der Waals surface area (Å²) in [4.78, 5) is 0. The van der Waals surface area contributed by atoms with Gasteiger partial charge in [0.15, 0.2) is 11.0 Å². The van der Waals surface area contributed by atoms with Gasteiger partial charge in [0.05, 0.1) is 7.11 Å². The van der Waals surface area contributed by atoms with Crippen molar-refractivity contribution in [3.8, 4) is 5.75 Å². The molecule has 0 bridgehead atoms. The van der Waals surface area contributed by atoms with E-state index in [2.05, 4.69) is 23.2 Å². The summed E-state index contributed by atoms with van der Waals surface area (Å²) in [6.07, 6.45) is 0. The predicted octanol–water partition coefficient (Wildman–Crippen LogP) is 2.17. The van der Waals surface area contributed by atoms with Crippen LogP contribution >= 0.6 is 11.8 Å². The Balaban J connectivity index is 2.15. The van der Waals surface area contributed by atoms with Gasteiger partial charge in [-0.3, -0.25) is 0 Å². The first-order chi connectivity index (χ1) is 9.15. The van der Waals surface area contributed by atoms with Crippen LogP contribution in [0.15, 0.2) is 29.4 Å². The standard InChI is InChI=1S/C13H17N3O2S/c1-9(10-5-4-6-11(7-10)18-3)19-13-15-14-12(8-17)16(13)2/h4-7,9,17H,8H2,1-3H3. The first-order valence-corrected chi connectivity index (χ1v) is 6.83. The molecule has 1 aromatic carbocycles. The van der Waals surface area contributed by atoms with E-state index in [0.29, 0.717) is 5.82 Å². The van der Waals surface area contributed by atoms with Crippen molar-refractivity contribution >= 4 is 11.8 Å². The molecule has 2 aromatic rings. The number of aliphatic hydroxyl groups excluding tert-OH is 1. The molecular weight excluding hydrogens is 262 g/mol. The minimum absolute atomic E-state index is 0.0996. The van der Waals surface area contributed by atoms with Crippen molar-refractivity contribution in [1.29, 1.82) is 0 Å². The molecular formula is C13H17N3O2S. The monoisotopic (exact) mass is 279 g/mol. The van der Waals surface area contributed by atoms with E-state index >= 15 is 0 Å². The highest BCUT2D eigenvalue weighted by Gasteiger charge is 2.14. The Labute approximate surface area is 116 Å². The Morgan fingerprint density at radius 3 is 2.84 bits per heavy atom. The van der Waals surface area contributed by atoms with Gasteiger partial charge in [0.2, 0.25) is 0 Å². The van der Waals surface area contributed by atoms with Crippen LogP contribution < -0.4 is 4.74 Å². The maximum Gasteiger partial charge on any atom is 0.191 e. The summed E-state index contributed by atoms with van der Waals surface area (Å²) in [6, 6.07) is 7.97. The SMILES string of the molecule is COc1cccc(C(C)Sc2nnc(CO)n2C)c1. The van der Waals surface area contributed by atoms with Gasteiger partial charge in [-0.25, -0.2) is 0 Å². The van der Waals surface area contributed by atoms with Crippen LogP contribution in [0.2, 0.25) is 0 Å². The molecule has 102 valence electrons. The maximum atomic E-state index is 9.10. The normalized spacial score (nSPS) is 12.4. The highest BCUT2D eigenvalue weighted by molar-refractivity contribution is 7.99. The summed E-state index contributed by atoms with van der Waals surface area (Å²) in [5, 5.41) is 18.1. The summed E-state index contributed by atoms with van der Waals surface area (Å²) >= 11 is 1.60. The number of methoxy groups -OCH3 is 1. The molecule has 2 rings (SSSR count). The molecule has 0 fully saturated rings. The summed E-state index contributed by atoms with van der Waals surface area (Å²) in [5.74, 6) is 1.42. The van der Waals surface area contributed by atoms with Gasteiger partial charge in [0.1, 0.15) is 12.4 Å². The fourth-order valence-electron chi connectivity index (χ4n) is 1.71. The van der Waals surface area contributed by atoms with Gasteiger partial charge in [-0.2, -0.15) is 0 Å². The van der Waals surface area contributed by atoms with E-state index in [1.54, 1.807) is 23.4 Å². The van der Waals surface area contributed by atoms with E-state index in [1.165, 1.54) is 0 Å². The lowest BCUT2D eigenvalue weighted by molar-refractivity contribution is 0.266. The van der Waals surface area contributed by atoms with Gasteiger partial charge in [-0.1, -0.05) is 23.9 Å². The average molecular weight is 279 g/mol. The molecule has 6 heteroatoms. The largest absolute Gasteiger partial charge is 0.497 e. The second-order valence-electron chi connectivity index (χ2n) is 4.15. The minimum Gasteiger partial charge on any atom is -0.497 e. The van der Waals surface area contributed by atoms with Crippen LogP contribution in [-0.4, -0.2) is 27.0 Å². The fraction of sp³-hybridized carbons (Fsp3) is 0.385. The molecule has 0 amide bonds. The van der Waals surface area contributed by atoms with Gasteiger partial charge in [-0.15, -0.1) is 10.2 Å². The summed E-state index contributed by atoms with van der Waals surface area (Å²) < 4.78 is 7.03. The van der Waals surface area contributed by atoms with Gasteiger partial charge in [-0.05, 0) is 24.6 Å². The second kappa shape index (κ2) is 6.08. The van der Waals surface area contributed by atoms with Crippen molar-refractivity contribution in [2.45, 2.75) is 23.9 Å². The number of thioether (sulfide) groups is 1. The van der Waals surface area contributed by atoms with Crippen molar-refractivity contribution in [1.82, 2.24) is 14.8 Å². The molecule has 0 radical (unpaired) electrons. The Bertz CT molecular complexity index is 557. The Kier molecular flexibility index (Phi) is 4.44. The number of benzene rings is 1. The third-order valence-electron chi connectivity index (χ3n) is 2.91. The van der Waals surface area contributed by atoms with E-state index in [4.69, 9.17) is 9.84 Å². The second-order valence-corrected chi connectivity index (χ2v) is 5.46. The van der Waals surface area contributed by atoms with Crippen LogP contribution in [0.4, 0.5) is 0 Å². The summed E-state index contributed by atoms with van der Waals surface area (Å²) in [7, 11) is 3.51. The summed E-state index contributed by atoms with van der Waals surface area (Å²) in [5.41, 5.74) is 1.16. The summed E-state index contributed by atoms with van der Waals surface area (Å²) in [6.45, 7) is 2.00. The molecule has 0 aliphatic carbocycles. The van der Waals surface area contributed by atoms with Crippen LogP contribution in [0.5, 0.6) is 5.75 Å². The molecule has 1 atom stereocenters. The molecule has 1 heterocycles. The molecule has 19 heavy (non-hydrogen) atoms. The topological polar surface area (TPSA) is 60.2 Å². The average Bonchev–Trinajstić information content (AvgIpc) is 2.79. The molecule has 1 unspecified atom stereocenters. The Morgan fingerprint density at radius 2 is 2.21 bits per heavy atom. The highest BCUT2D eigenvalue weighted by atomic mass is 32.2. The molecule has 0 spiro atoms. The van der Waals surface area contributed by atoms with Crippen LogP contribution in [0.3, 0.4) is 0 Å². The van der Waals surface area contributed by atoms with E-state index in [-0.39, 0.29) is 11.9 Å². The first kappa shape index (κ1) is 13.9. The van der Waals surface area contributed by atoms with Crippen molar-refractivity contribution in [2.75, 3.05) is 7.11 Å². The molecule has 5 nitrogen and oxygen atoms in total. The van der Waals surface area contributed by atoms with E-state index in [0.717, 1.165) is 16.5 Å². The van der Waals surface area contributed by atoms with Crippen LogP contribution in [0.25, 0.3) is 0 Å². The maximum absolute atomic E-state index is 9.10. The zero-order chi connectivity index (χ0) is 13.8. The highest BCUT2D eigenvalue weighted by Crippen LogP contribution is 2.34. The molecule has 0 saturated carbocycles. The molecule has 1 N–H and O–H groups in total. The van der Waals surface area contributed by atoms with Gasteiger partial charge < -0.3 is 14.4 Å². The molecule has 0 aliphatic rings. The number of ether oxygens (including phenoxy) is 1. The van der Waals surface area contributed by atoms with Crippen molar-refractivity contribution in [2.24, 2.45) is 7.05 Å². The van der Waals surface area contributed by atoms with Crippen LogP contribution in [0, 0.1) is 0 Å². The van der Waals surface area contributed by atoms with Crippen molar-refractivity contribution in [3.05, 3.63) is 35.7 Å². The van der Waals surface area contributed by atoms with Gasteiger partial charge in [0.25, 0.3) is 0 Å². The van der Waals surface area contributed by atoms with Gasteiger partial charge >= 0.3 is 0 Å². The first-order valence-electron chi connectivity index (χ1n) is 5.95.